The summed E-state index contributed by atoms with van der Waals surface area (Å²) in [6.45, 7) is 1.45. The van der Waals surface area contributed by atoms with Crippen LogP contribution in [0.5, 0.6) is 0 Å². The van der Waals surface area contributed by atoms with Crippen LogP contribution in [0.3, 0.4) is 0 Å². The molecule has 1 heterocycles. The predicted octanol–water partition coefficient (Wildman–Crippen LogP) is 0.662. The second kappa shape index (κ2) is 4.83. The summed E-state index contributed by atoms with van der Waals surface area (Å²) in [5.74, 6) is 1.11. The molecule has 1 rings (SSSR count). The molecular weight excluding hydrogens is 170 g/mol. The van der Waals surface area contributed by atoms with E-state index in [1.807, 2.05) is 35.0 Å². The maximum absolute atomic E-state index is 8.42. The number of rotatable bonds is 4. The molecule has 1 aromatic rings. The SMILES string of the molecule is CSCC[n+]1ccn(CC#N)c1. The summed E-state index contributed by atoms with van der Waals surface area (Å²) in [7, 11) is 0. The highest BCUT2D eigenvalue weighted by Crippen LogP contribution is 1.90. The van der Waals surface area contributed by atoms with Crippen LogP contribution in [0.15, 0.2) is 18.7 Å². The highest BCUT2D eigenvalue weighted by Gasteiger charge is 2.00. The topological polar surface area (TPSA) is 32.6 Å². The van der Waals surface area contributed by atoms with Gasteiger partial charge in [0.2, 0.25) is 6.33 Å². The third-order valence-corrected chi connectivity index (χ3v) is 2.14. The first-order valence-electron chi connectivity index (χ1n) is 3.77. The van der Waals surface area contributed by atoms with Crippen molar-refractivity contribution in [1.29, 1.82) is 5.26 Å². The van der Waals surface area contributed by atoms with E-state index in [1.165, 1.54) is 0 Å². The van der Waals surface area contributed by atoms with Crippen LogP contribution in [-0.2, 0) is 13.1 Å². The minimum atomic E-state index is 0.437. The molecule has 4 heteroatoms. The van der Waals surface area contributed by atoms with Crippen LogP contribution in [0.1, 0.15) is 0 Å². The van der Waals surface area contributed by atoms with E-state index in [0.717, 1.165) is 12.3 Å². The van der Waals surface area contributed by atoms with Gasteiger partial charge in [0.25, 0.3) is 0 Å². The number of thioether (sulfide) groups is 1. The lowest BCUT2D eigenvalue weighted by Gasteiger charge is -1.91. The summed E-state index contributed by atoms with van der Waals surface area (Å²) in [5, 5.41) is 8.42. The van der Waals surface area contributed by atoms with Crippen LogP contribution >= 0.6 is 11.8 Å². The van der Waals surface area contributed by atoms with E-state index in [4.69, 9.17) is 5.26 Å². The highest BCUT2D eigenvalue weighted by molar-refractivity contribution is 7.98. The van der Waals surface area contributed by atoms with Gasteiger partial charge in [0.05, 0.1) is 6.54 Å². The molecule has 0 spiro atoms. The Kier molecular flexibility index (Phi) is 3.68. The number of aromatic nitrogens is 2. The second-order valence-electron chi connectivity index (χ2n) is 2.47. The van der Waals surface area contributed by atoms with Crippen LogP contribution in [0, 0.1) is 11.3 Å². The summed E-state index contributed by atoms with van der Waals surface area (Å²) >= 11 is 1.82. The Hall–Kier alpha value is -0.950. The normalized spacial score (nSPS) is 9.67. The molecule has 0 unspecified atom stereocenters. The van der Waals surface area contributed by atoms with E-state index in [2.05, 4.69) is 16.9 Å². The number of imidazole rings is 1. The first kappa shape index (κ1) is 9.14. The molecule has 0 aliphatic carbocycles. The summed E-state index contributed by atoms with van der Waals surface area (Å²) in [6.07, 6.45) is 7.96. The molecule has 0 aliphatic heterocycles. The van der Waals surface area contributed by atoms with Gasteiger partial charge in [-0.05, 0) is 6.26 Å². The average Bonchev–Trinajstić information content (AvgIpc) is 2.50. The van der Waals surface area contributed by atoms with E-state index in [-0.39, 0.29) is 0 Å². The van der Waals surface area contributed by atoms with E-state index >= 15 is 0 Å². The van der Waals surface area contributed by atoms with Gasteiger partial charge in [0.15, 0.2) is 6.54 Å². The van der Waals surface area contributed by atoms with Crippen molar-refractivity contribution in [2.24, 2.45) is 0 Å². The van der Waals surface area contributed by atoms with E-state index in [9.17, 15) is 0 Å². The quantitative estimate of drug-likeness (QED) is 0.641. The van der Waals surface area contributed by atoms with E-state index < -0.39 is 0 Å². The lowest BCUT2D eigenvalue weighted by Crippen LogP contribution is -2.32. The van der Waals surface area contributed by atoms with Crippen molar-refractivity contribution in [2.45, 2.75) is 13.1 Å². The molecule has 0 N–H and O–H groups in total. The first-order valence-corrected chi connectivity index (χ1v) is 5.17. The van der Waals surface area contributed by atoms with Gasteiger partial charge >= 0.3 is 0 Å². The van der Waals surface area contributed by atoms with Crippen LogP contribution in [-0.4, -0.2) is 16.6 Å². The van der Waals surface area contributed by atoms with Gasteiger partial charge < -0.3 is 0 Å². The molecule has 64 valence electrons. The number of nitriles is 1. The van der Waals surface area contributed by atoms with E-state index in [1.54, 1.807) is 0 Å². The lowest BCUT2D eigenvalue weighted by atomic mass is 10.7. The standard InChI is InChI=1S/C8H12N3S/c1-12-7-6-11-5-4-10(8-11)3-2-9/h4-5,8H,3,6-7H2,1H3/q+1. The van der Waals surface area contributed by atoms with Gasteiger partial charge in [-0.15, -0.1) is 0 Å². The monoisotopic (exact) mass is 182 g/mol. The molecule has 0 radical (unpaired) electrons. The Morgan fingerprint density at radius 2 is 2.50 bits per heavy atom. The summed E-state index contributed by atoms with van der Waals surface area (Å²) < 4.78 is 3.97. The molecule has 0 amide bonds. The van der Waals surface area contributed by atoms with Crippen LogP contribution < -0.4 is 4.57 Å². The van der Waals surface area contributed by atoms with Crippen LogP contribution in [0.4, 0.5) is 0 Å². The van der Waals surface area contributed by atoms with Crippen molar-refractivity contribution in [3.05, 3.63) is 18.7 Å². The van der Waals surface area contributed by atoms with Gasteiger partial charge in [-0.1, -0.05) is 0 Å². The van der Waals surface area contributed by atoms with Gasteiger partial charge in [0.1, 0.15) is 18.5 Å². The number of hydrogen-bond donors (Lipinski definition) is 0. The molecule has 0 atom stereocenters. The second-order valence-corrected chi connectivity index (χ2v) is 3.46. The highest BCUT2D eigenvalue weighted by atomic mass is 32.2. The molecule has 1 aromatic heterocycles. The van der Waals surface area contributed by atoms with Crippen molar-refractivity contribution in [3.8, 4) is 6.07 Å². The average molecular weight is 182 g/mol. The minimum absolute atomic E-state index is 0.437. The zero-order valence-corrected chi connectivity index (χ0v) is 7.92. The smallest absolute Gasteiger partial charge is 0.236 e. The van der Waals surface area contributed by atoms with Crippen molar-refractivity contribution in [2.75, 3.05) is 12.0 Å². The summed E-state index contributed by atoms with van der Waals surface area (Å²) in [5.41, 5.74) is 0. The van der Waals surface area contributed by atoms with Crippen LogP contribution in [0.25, 0.3) is 0 Å². The molecule has 0 fully saturated rings. The fraction of sp³-hybridized carbons (Fsp3) is 0.500. The van der Waals surface area contributed by atoms with Crippen molar-refractivity contribution < 1.29 is 4.57 Å². The van der Waals surface area contributed by atoms with Crippen LogP contribution in [0.2, 0.25) is 0 Å². The Morgan fingerprint density at radius 1 is 1.67 bits per heavy atom. The fourth-order valence-electron chi connectivity index (χ4n) is 0.943. The van der Waals surface area contributed by atoms with Crippen molar-refractivity contribution in [1.82, 2.24) is 4.57 Å². The number of hydrogen-bond acceptors (Lipinski definition) is 2. The Balaban J connectivity index is 2.48. The third kappa shape index (κ3) is 2.59. The zero-order valence-electron chi connectivity index (χ0n) is 7.10. The Bertz CT molecular complexity index is 274. The van der Waals surface area contributed by atoms with Gasteiger partial charge in [-0.2, -0.15) is 17.0 Å². The number of nitrogens with zero attached hydrogens (tertiary/aromatic N) is 3. The molecule has 0 bridgehead atoms. The Labute approximate surface area is 76.6 Å². The summed E-state index contributed by atoms with van der Waals surface area (Å²) in [6, 6.07) is 2.10. The van der Waals surface area contributed by atoms with Gasteiger partial charge in [0, 0.05) is 5.75 Å². The third-order valence-electron chi connectivity index (χ3n) is 1.55. The van der Waals surface area contributed by atoms with E-state index in [0.29, 0.717) is 6.54 Å². The molecule has 0 aromatic carbocycles. The maximum Gasteiger partial charge on any atom is 0.244 e. The van der Waals surface area contributed by atoms with Gasteiger partial charge in [-0.3, -0.25) is 0 Å². The molecule has 0 aliphatic rings. The Morgan fingerprint density at radius 3 is 3.17 bits per heavy atom. The maximum atomic E-state index is 8.42. The first-order chi connectivity index (χ1) is 5.86. The summed E-state index contributed by atoms with van der Waals surface area (Å²) in [4.78, 5) is 0. The van der Waals surface area contributed by atoms with Crippen molar-refractivity contribution in [3.63, 3.8) is 0 Å². The number of aryl methyl sites for hydroxylation is 1. The molecule has 12 heavy (non-hydrogen) atoms. The molecular formula is C8H12N3S+. The molecule has 0 saturated carbocycles. The predicted molar refractivity (Wildman–Crippen MR) is 48.6 cm³/mol. The lowest BCUT2D eigenvalue weighted by molar-refractivity contribution is -0.691. The largest absolute Gasteiger partial charge is 0.244 e. The zero-order chi connectivity index (χ0) is 8.81. The van der Waals surface area contributed by atoms with Crippen molar-refractivity contribution >= 4 is 11.8 Å². The molecule has 0 saturated heterocycles. The van der Waals surface area contributed by atoms with Gasteiger partial charge in [-0.25, -0.2) is 9.13 Å². The fourth-order valence-corrected chi connectivity index (χ4v) is 1.34. The molecule has 3 nitrogen and oxygen atoms in total. The minimum Gasteiger partial charge on any atom is -0.236 e.